The van der Waals surface area contributed by atoms with Gasteiger partial charge in [0.1, 0.15) is 11.7 Å². The first kappa shape index (κ1) is 11.2. The number of carbonyl (C=O) groups is 1. The Bertz CT molecular complexity index is 247. The fourth-order valence-electron chi connectivity index (χ4n) is 1.37. The molecule has 1 rings (SSSR count). The number of aliphatic hydroxyl groups is 1. The first-order chi connectivity index (χ1) is 6.49. The average Bonchev–Trinajstić information content (AvgIpc) is 2.77. The molecule has 1 aliphatic heterocycles. The predicted octanol–water partition coefficient (Wildman–Crippen LogP) is 0.644. The van der Waals surface area contributed by atoms with Crippen LogP contribution in [-0.2, 0) is 14.3 Å². The molecule has 0 saturated carbocycles. The van der Waals surface area contributed by atoms with Gasteiger partial charge in [-0.25, -0.2) is 4.79 Å². The van der Waals surface area contributed by atoms with Gasteiger partial charge >= 0.3 is 5.97 Å². The molecule has 0 aromatic heterocycles. The van der Waals surface area contributed by atoms with Crippen LogP contribution in [-0.4, -0.2) is 35.5 Å². The number of hydrogen-bond acceptors (Lipinski definition) is 4. The smallest absolute Gasteiger partial charge is 0.330 e. The summed E-state index contributed by atoms with van der Waals surface area (Å²) >= 11 is 0. The number of ether oxygens (including phenoxy) is 2. The fourth-order valence-corrected chi connectivity index (χ4v) is 1.37. The van der Waals surface area contributed by atoms with Gasteiger partial charge in [0.15, 0.2) is 0 Å². The van der Waals surface area contributed by atoms with E-state index in [1.54, 1.807) is 19.9 Å². The zero-order valence-corrected chi connectivity index (χ0v) is 8.69. The molecule has 1 saturated heterocycles. The topological polar surface area (TPSA) is 59.1 Å². The minimum absolute atomic E-state index is 0.215. The molecular formula is C10H16O4. The molecule has 4 nitrogen and oxygen atoms in total. The summed E-state index contributed by atoms with van der Waals surface area (Å²) in [4.78, 5) is 11.0. The Hall–Kier alpha value is -0.870. The molecule has 80 valence electrons. The number of hydrogen-bond donors (Lipinski definition) is 1. The summed E-state index contributed by atoms with van der Waals surface area (Å²) in [6, 6.07) is 0. The average molecular weight is 200 g/mol. The van der Waals surface area contributed by atoms with Gasteiger partial charge in [0.2, 0.25) is 0 Å². The first-order valence-electron chi connectivity index (χ1n) is 4.71. The number of aliphatic hydroxyl groups excluding tert-OH is 1. The van der Waals surface area contributed by atoms with Crippen LogP contribution in [0, 0.1) is 0 Å². The zero-order chi connectivity index (χ0) is 10.8. The van der Waals surface area contributed by atoms with E-state index in [2.05, 4.69) is 0 Å². The Morgan fingerprint density at radius 1 is 1.79 bits per heavy atom. The maximum atomic E-state index is 11.0. The predicted molar refractivity (Wildman–Crippen MR) is 50.7 cm³/mol. The Kier molecular flexibility index (Phi) is 3.29. The van der Waals surface area contributed by atoms with Crippen molar-refractivity contribution in [3.05, 3.63) is 12.2 Å². The molecule has 1 fully saturated rings. The normalized spacial score (nSPS) is 33.0. The first-order valence-corrected chi connectivity index (χ1v) is 4.71. The lowest BCUT2D eigenvalue weighted by molar-refractivity contribution is -0.137. The van der Waals surface area contributed by atoms with Gasteiger partial charge in [-0.2, -0.15) is 0 Å². The molecule has 4 heteroatoms. The van der Waals surface area contributed by atoms with Gasteiger partial charge in [0.25, 0.3) is 0 Å². The number of carbonyl (C=O) groups excluding carboxylic acids is 1. The lowest BCUT2D eigenvalue weighted by Crippen LogP contribution is -2.17. The molecule has 0 aliphatic carbocycles. The number of epoxide rings is 1. The standard InChI is InChI=1S/C10H16O4/c1-4-13-8(12)5-6-10(3)9(14-10)7(2)11/h5-7,9,11H,4H2,1-3H3/b6-5+/t7-,9+,10+/m0/s1. The van der Waals surface area contributed by atoms with Crippen molar-refractivity contribution in [3.8, 4) is 0 Å². The molecule has 0 spiro atoms. The maximum absolute atomic E-state index is 11.0. The lowest BCUT2D eigenvalue weighted by Gasteiger charge is -2.01. The van der Waals surface area contributed by atoms with Gasteiger partial charge in [-0.3, -0.25) is 0 Å². The summed E-state index contributed by atoms with van der Waals surface area (Å²) in [5.74, 6) is -0.381. The van der Waals surface area contributed by atoms with E-state index in [1.165, 1.54) is 6.08 Å². The van der Waals surface area contributed by atoms with Crippen molar-refractivity contribution < 1.29 is 19.4 Å². The van der Waals surface area contributed by atoms with Crippen LogP contribution in [0.25, 0.3) is 0 Å². The largest absolute Gasteiger partial charge is 0.463 e. The summed E-state index contributed by atoms with van der Waals surface area (Å²) in [6.45, 7) is 5.59. The third kappa shape index (κ3) is 2.56. The molecule has 0 aromatic carbocycles. The second-order valence-electron chi connectivity index (χ2n) is 3.55. The maximum Gasteiger partial charge on any atom is 0.330 e. The molecule has 3 atom stereocenters. The van der Waals surface area contributed by atoms with E-state index >= 15 is 0 Å². The van der Waals surface area contributed by atoms with E-state index in [9.17, 15) is 9.90 Å². The minimum atomic E-state index is -0.521. The Morgan fingerprint density at radius 2 is 2.43 bits per heavy atom. The van der Waals surface area contributed by atoms with E-state index in [0.717, 1.165) is 0 Å². The summed E-state index contributed by atoms with van der Waals surface area (Å²) in [5, 5.41) is 9.22. The molecule has 1 aliphatic rings. The highest BCUT2D eigenvalue weighted by Gasteiger charge is 2.53. The van der Waals surface area contributed by atoms with Gasteiger partial charge in [0.05, 0.1) is 12.7 Å². The Morgan fingerprint density at radius 3 is 2.86 bits per heavy atom. The van der Waals surface area contributed by atoms with E-state index in [-0.39, 0.29) is 12.1 Å². The van der Waals surface area contributed by atoms with Crippen LogP contribution in [0.4, 0.5) is 0 Å². The van der Waals surface area contributed by atoms with Gasteiger partial charge in [-0.15, -0.1) is 0 Å². The molecule has 0 radical (unpaired) electrons. The van der Waals surface area contributed by atoms with Crippen LogP contribution in [0.5, 0.6) is 0 Å². The van der Waals surface area contributed by atoms with Gasteiger partial charge in [-0.1, -0.05) is 0 Å². The molecular weight excluding hydrogens is 184 g/mol. The quantitative estimate of drug-likeness (QED) is 0.411. The molecule has 1 N–H and O–H groups in total. The van der Waals surface area contributed by atoms with E-state index in [0.29, 0.717) is 6.61 Å². The van der Waals surface area contributed by atoms with Crippen molar-refractivity contribution in [1.82, 2.24) is 0 Å². The molecule has 0 amide bonds. The summed E-state index contributed by atoms with van der Waals surface area (Å²) in [7, 11) is 0. The molecule has 0 unspecified atom stereocenters. The van der Waals surface area contributed by atoms with Crippen LogP contribution < -0.4 is 0 Å². The van der Waals surface area contributed by atoms with Gasteiger partial charge in [-0.05, 0) is 26.8 Å². The van der Waals surface area contributed by atoms with Crippen molar-refractivity contribution >= 4 is 5.97 Å². The SMILES string of the molecule is CCOC(=O)/C=C/[C@@]1(C)O[C@@H]1[C@H](C)O. The molecule has 14 heavy (non-hydrogen) atoms. The van der Waals surface area contributed by atoms with Gasteiger partial charge < -0.3 is 14.6 Å². The molecule has 0 aromatic rings. The second-order valence-corrected chi connectivity index (χ2v) is 3.55. The molecule has 1 heterocycles. The Balaban J connectivity index is 2.42. The Labute approximate surface area is 83.5 Å². The van der Waals surface area contributed by atoms with Crippen molar-refractivity contribution in [2.75, 3.05) is 6.61 Å². The van der Waals surface area contributed by atoms with Crippen LogP contribution >= 0.6 is 0 Å². The summed E-state index contributed by atoms with van der Waals surface area (Å²) in [6.07, 6.45) is 2.23. The minimum Gasteiger partial charge on any atom is -0.463 e. The van der Waals surface area contributed by atoms with Crippen molar-refractivity contribution in [2.45, 2.75) is 38.6 Å². The highest BCUT2D eigenvalue weighted by Crippen LogP contribution is 2.39. The number of esters is 1. The van der Waals surface area contributed by atoms with Crippen LogP contribution in [0.15, 0.2) is 12.2 Å². The van der Waals surface area contributed by atoms with Crippen LogP contribution in [0.1, 0.15) is 20.8 Å². The number of rotatable bonds is 4. The van der Waals surface area contributed by atoms with E-state index < -0.39 is 11.7 Å². The highest BCUT2D eigenvalue weighted by atomic mass is 16.6. The zero-order valence-electron chi connectivity index (χ0n) is 8.69. The molecule has 0 bridgehead atoms. The van der Waals surface area contributed by atoms with E-state index in [1.807, 2.05) is 6.92 Å². The monoisotopic (exact) mass is 200 g/mol. The lowest BCUT2D eigenvalue weighted by atomic mass is 10.0. The van der Waals surface area contributed by atoms with Crippen LogP contribution in [0.2, 0.25) is 0 Å². The fraction of sp³-hybridized carbons (Fsp3) is 0.700. The van der Waals surface area contributed by atoms with Crippen molar-refractivity contribution in [1.29, 1.82) is 0 Å². The van der Waals surface area contributed by atoms with Crippen molar-refractivity contribution in [3.63, 3.8) is 0 Å². The summed E-state index contributed by atoms with van der Waals surface area (Å²) < 4.78 is 9.97. The van der Waals surface area contributed by atoms with Crippen molar-refractivity contribution in [2.24, 2.45) is 0 Å². The van der Waals surface area contributed by atoms with Gasteiger partial charge in [0, 0.05) is 6.08 Å². The summed E-state index contributed by atoms with van der Waals surface area (Å²) in [5.41, 5.74) is -0.513. The van der Waals surface area contributed by atoms with Crippen LogP contribution in [0.3, 0.4) is 0 Å². The van der Waals surface area contributed by atoms with E-state index in [4.69, 9.17) is 9.47 Å². The highest BCUT2D eigenvalue weighted by molar-refractivity contribution is 5.82. The third-order valence-corrected chi connectivity index (χ3v) is 2.16. The third-order valence-electron chi connectivity index (χ3n) is 2.16. The second kappa shape index (κ2) is 4.11.